The molecule has 4 nitrogen and oxygen atoms in total. The second-order valence-corrected chi connectivity index (χ2v) is 7.13. The maximum atomic E-state index is 13.3. The largest absolute Gasteiger partial charge is 0.497 e. The first-order valence-electron chi connectivity index (χ1n) is 9.65. The van der Waals surface area contributed by atoms with E-state index in [1.165, 1.54) is 0 Å². The number of nitrogens with zero attached hydrogens (tertiary/aromatic N) is 2. The average molecular weight is 372 g/mol. The molecule has 4 rings (SSSR count). The van der Waals surface area contributed by atoms with Crippen molar-refractivity contribution in [3.05, 3.63) is 83.6 Å². The van der Waals surface area contributed by atoms with Gasteiger partial charge in [-0.2, -0.15) is 0 Å². The summed E-state index contributed by atoms with van der Waals surface area (Å²) in [6.07, 6.45) is 1.97. The van der Waals surface area contributed by atoms with Gasteiger partial charge in [-0.1, -0.05) is 42.5 Å². The first-order chi connectivity index (χ1) is 13.7. The van der Waals surface area contributed by atoms with Crippen molar-refractivity contribution in [2.75, 3.05) is 13.7 Å². The number of likely N-dealkylation sites (tertiary alicyclic amines) is 1. The van der Waals surface area contributed by atoms with Gasteiger partial charge in [-0.25, -0.2) is 0 Å². The number of amides is 1. The van der Waals surface area contributed by atoms with Crippen LogP contribution >= 0.6 is 0 Å². The molecule has 1 aromatic heterocycles. The molecule has 1 aliphatic rings. The molecule has 1 atom stereocenters. The number of pyridine rings is 1. The summed E-state index contributed by atoms with van der Waals surface area (Å²) in [5.74, 6) is 0.872. The number of carbonyl (C=O) groups is 1. The average Bonchev–Trinajstić information content (AvgIpc) is 3.24. The Hall–Kier alpha value is -3.14. The molecule has 1 saturated heterocycles. The van der Waals surface area contributed by atoms with E-state index < -0.39 is 0 Å². The Kier molecular flexibility index (Phi) is 5.11. The highest BCUT2D eigenvalue weighted by Gasteiger charge is 2.31. The van der Waals surface area contributed by atoms with Crippen LogP contribution < -0.4 is 4.74 Å². The molecule has 142 valence electrons. The number of benzene rings is 2. The zero-order valence-electron chi connectivity index (χ0n) is 16.3. The van der Waals surface area contributed by atoms with Gasteiger partial charge < -0.3 is 9.64 Å². The molecule has 3 aromatic rings. The Morgan fingerprint density at radius 3 is 2.64 bits per heavy atom. The second kappa shape index (κ2) is 7.85. The van der Waals surface area contributed by atoms with Crippen LogP contribution in [0.2, 0.25) is 0 Å². The molecule has 0 spiro atoms. The lowest BCUT2D eigenvalue weighted by Gasteiger charge is -2.26. The van der Waals surface area contributed by atoms with Crippen molar-refractivity contribution in [3.63, 3.8) is 0 Å². The fraction of sp³-hybridized carbons (Fsp3) is 0.250. The van der Waals surface area contributed by atoms with Gasteiger partial charge in [0.25, 0.3) is 5.91 Å². The van der Waals surface area contributed by atoms with E-state index in [9.17, 15) is 4.79 Å². The molecule has 1 fully saturated rings. The maximum Gasteiger partial charge on any atom is 0.256 e. The summed E-state index contributed by atoms with van der Waals surface area (Å²) >= 11 is 0. The zero-order valence-corrected chi connectivity index (χ0v) is 16.3. The molecule has 1 unspecified atom stereocenters. The standard InChI is InChI=1S/C24H24N2O2/c1-17-21(13-14-22(25-17)18-8-4-3-5-9-18)24(27)26-15-7-12-23(26)19-10-6-11-20(16-19)28-2/h3-6,8-11,13-14,16,23H,7,12,15H2,1-2H3. The van der Waals surface area contributed by atoms with E-state index in [2.05, 4.69) is 6.07 Å². The molecule has 28 heavy (non-hydrogen) atoms. The summed E-state index contributed by atoms with van der Waals surface area (Å²) in [5, 5.41) is 0. The van der Waals surface area contributed by atoms with Crippen LogP contribution in [0.4, 0.5) is 0 Å². The third kappa shape index (κ3) is 3.50. The van der Waals surface area contributed by atoms with E-state index in [4.69, 9.17) is 9.72 Å². The molecule has 1 amide bonds. The van der Waals surface area contributed by atoms with E-state index >= 15 is 0 Å². The van der Waals surface area contributed by atoms with Gasteiger partial charge in [0.15, 0.2) is 0 Å². The highest BCUT2D eigenvalue weighted by atomic mass is 16.5. The van der Waals surface area contributed by atoms with Crippen molar-refractivity contribution >= 4 is 5.91 Å². The molecule has 2 heterocycles. The van der Waals surface area contributed by atoms with Crippen LogP contribution in [-0.4, -0.2) is 29.4 Å². The van der Waals surface area contributed by atoms with Gasteiger partial charge in [0.05, 0.1) is 30.1 Å². The van der Waals surface area contributed by atoms with Crippen LogP contribution in [0.15, 0.2) is 66.7 Å². The summed E-state index contributed by atoms with van der Waals surface area (Å²) in [5.41, 5.74) is 4.51. The smallest absolute Gasteiger partial charge is 0.256 e. The Bertz CT molecular complexity index is 985. The molecule has 0 saturated carbocycles. The first-order valence-corrected chi connectivity index (χ1v) is 9.65. The van der Waals surface area contributed by atoms with Crippen molar-refractivity contribution < 1.29 is 9.53 Å². The van der Waals surface area contributed by atoms with Gasteiger partial charge in [0.2, 0.25) is 0 Å². The van der Waals surface area contributed by atoms with Crippen molar-refractivity contribution in [2.24, 2.45) is 0 Å². The zero-order chi connectivity index (χ0) is 19.5. The highest BCUT2D eigenvalue weighted by molar-refractivity contribution is 5.96. The number of hydrogen-bond acceptors (Lipinski definition) is 3. The van der Waals surface area contributed by atoms with Crippen molar-refractivity contribution in [1.29, 1.82) is 0 Å². The Labute approximate surface area is 165 Å². The van der Waals surface area contributed by atoms with E-state index in [-0.39, 0.29) is 11.9 Å². The predicted molar refractivity (Wildman–Crippen MR) is 110 cm³/mol. The highest BCUT2D eigenvalue weighted by Crippen LogP contribution is 2.35. The van der Waals surface area contributed by atoms with Gasteiger partial charge >= 0.3 is 0 Å². The molecule has 0 radical (unpaired) electrons. The molecule has 1 aliphatic heterocycles. The van der Waals surface area contributed by atoms with Crippen molar-refractivity contribution in [3.8, 4) is 17.0 Å². The SMILES string of the molecule is COc1cccc(C2CCCN2C(=O)c2ccc(-c3ccccc3)nc2C)c1. The van der Waals surface area contributed by atoms with E-state index in [1.807, 2.05) is 72.5 Å². The number of rotatable bonds is 4. The quantitative estimate of drug-likeness (QED) is 0.644. The molecule has 2 aromatic carbocycles. The Morgan fingerprint density at radius 1 is 1.07 bits per heavy atom. The fourth-order valence-corrected chi connectivity index (χ4v) is 3.92. The minimum Gasteiger partial charge on any atom is -0.497 e. The summed E-state index contributed by atoms with van der Waals surface area (Å²) in [7, 11) is 1.67. The van der Waals surface area contributed by atoms with Gasteiger partial charge in [-0.15, -0.1) is 0 Å². The number of carbonyl (C=O) groups excluding carboxylic acids is 1. The van der Waals surface area contributed by atoms with E-state index in [1.54, 1.807) is 7.11 Å². The van der Waals surface area contributed by atoms with Crippen LogP contribution in [0.5, 0.6) is 5.75 Å². The Morgan fingerprint density at radius 2 is 1.89 bits per heavy atom. The van der Waals surface area contributed by atoms with Crippen LogP contribution in [-0.2, 0) is 0 Å². The number of methoxy groups -OCH3 is 1. The van der Waals surface area contributed by atoms with Crippen molar-refractivity contribution in [2.45, 2.75) is 25.8 Å². The number of ether oxygens (including phenoxy) is 1. The normalized spacial score (nSPS) is 16.2. The number of aromatic nitrogens is 1. The summed E-state index contributed by atoms with van der Waals surface area (Å²) < 4.78 is 5.36. The van der Waals surface area contributed by atoms with Crippen LogP contribution in [0.3, 0.4) is 0 Å². The molecule has 4 heteroatoms. The predicted octanol–water partition coefficient (Wildman–Crippen LogP) is 5.04. The van der Waals surface area contributed by atoms with Gasteiger partial charge in [0.1, 0.15) is 5.75 Å². The monoisotopic (exact) mass is 372 g/mol. The topological polar surface area (TPSA) is 42.4 Å². The minimum absolute atomic E-state index is 0.0509. The lowest BCUT2D eigenvalue weighted by molar-refractivity contribution is 0.0734. The molecular weight excluding hydrogens is 348 g/mol. The lowest BCUT2D eigenvalue weighted by atomic mass is 10.0. The van der Waals surface area contributed by atoms with Gasteiger partial charge in [0, 0.05) is 12.1 Å². The number of aryl methyl sites for hydroxylation is 1. The van der Waals surface area contributed by atoms with Gasteiger partial charge in [-0.05, 0) is 49.6 Å². The first kappa shape index (κ1) is 18.2. The summed E-state index contributed by atoms with van der Waals surface area (Å²) in [6.45, 7) is 2.68. The van der Waals surface area contributed by atoms with Crippen LogP contribution in [0.1, 0.15) is 40.5 Å². The van der Waals surface area contributed by atoms with E-state index in [0.29, 0.717) is 5.56 Å². The molecule has 0 N–H and O–H groups in total. The molecule has 0 aliphatic carbocycles. The third-order valence-electron chi connectivity index (χ3n) is 5.38. The summed E-state index contributed by atoms with van der Waals surface area (Å²) in [4.78, 5) is 20.0. The Balaban J connectivity index is 1.61. The van der Waals surface area contributed by atoms with Crippen molar-refractivity contribution in [1.82, 2.24) is 9.88 Å². The lowest BCUT2D eigenvalue weighted by Crippen LogP contribution is -2.31. The third-order valence-corrected chi connectivity index (χ3v) is 5.38. The molecule has 0 bridgehead atoms. The van der Waals surface area contributed by atoms with Crippen LogP contribution in [0, 0.1) is 6.92 Å². The van der Waals surface area contributed by atoms with Gasteiger partial charge in [-0.3, -0.25) is 9.78 Å². The second-order valence-electron chi connectivity index (χ2n) is 7.13. The number of hydrogen-bond donors (Lipinski definition) is 0. The maximum absolute atomic E-state index is 13.3. The minimum atomic E-state index is 0.0509. The van der Waals surface area contributed by atoms with Crippen LogP contribution in [0.25, 0.3) is 11.3 Å². The van der Waals surface area contributed by atoms with E-state index in [0.717, 1.165) is 47.7 Å². The fourth-order valence-electron chi connectivity index (χ4n) is 3.92. The summed E-state index contributed by atoms with van der Waals surface area (Å²) in [6, 6.07) is 22.0. The molecular formula is C24H24N2O2.